The van der Waals surface area contributed by atoms with E-state index in [1.807, 2.05) is 0 Å². The number of hydrogen-bond donors (Lipinski definition) is 2. The van der Waals surface area contributed by atoms with Crippen molar-refractivity contribution in [1.82, 2.24) is 0 Å². The summed E-state index contributed by atoms with van der Waals surface area (Å²) in [5.74, 6) is 2.03. The molecule has 2 saturated heterocycles. The number of fused-ring (bicyclic) bond motifs is 2. The Labute approximate surface area is 172 Å². The minimum atomic E-state index is -1.09. The molecule has 2 aliphatic heterocycles. The van der Waals surface area contributed by atoms with Crippen LogP contribution in [0.4, 0.5) is 0 Å². The lowest BCUT2D eigenvalue weighted by molar-refractivity contribution is -0.401. The molecule has 2 spiro atoms. The zero-order chi connectivity index (χ0) is 20.8. The number of terminal acetylenes is 1. The van der Waals surface area contributed by atoms with E-state index < -0.39 is 35.4 Å². The van der Waals surface area contributed by atoms with E-state index in [1.54, 1.807) is 0 Å². The number of carbonyl (C=O) groups excluding carboxylic acids is 1. The molecule has 0 aromatic carbocycles. The lowest BCUT2D eigenvalue weighted by atomic mass is 9.37. The molecule has 6 rings (SSSR count). The molecule has 6 fully saturated rings. The number of hydrogen-bond acceptors (Lipinski definition) is 5. The average molecular weight is 401 g/mol. The number of carbonyl (C=O) groups is 1. The van der Waals surface area contributed by atoms with Crippen molar-refractivity contribution in [3.8, 4) is 12.3 Å². The fraction of sp³-hybridized carbons (Fsp3) is 0.792. The van der Waals surface area contributed by atoms with Crippen molar-refractivity contribution in [3.63, 3.8) is 0 Å². The van der Waals surface area contributed by atoms with Gasteiger partial charge in [-0.15, -0.1) is 12.3 Å². The predicted octanol–water partition coefficient (Wildman–Crippen LogP) is 2.45. The molecule has 0 unspecified atom stereocenters. The summed E-state index contributed by atoms with van der Waals surface area (Å²) in [4.78, 5) is 13.6. The second kappa shape index (κ2) is 6.17. The molecule has 0 amide bonds. The summed E-state index contributed by atoms with van der Waals surface area (Å²) >= 11 is 0. The maximum Gasteiger partial charge on any atom is 0.170 e. The average Bonchev–Trinajstić information content (AvgIpc) is 2.79. The molecule has 5 heteroatoms. The molecule has 0 aromatic rings. The van der Waals surface area contributed by atoms with Gasteiger partial charge >= 0.3 is 0 Å². The van der Waals surface area contributed by atoms with Crippen molar-refractivity contribution >= 4 is 5.78 Å². The van der Waals surface area contributed by atoms with Crippen LogP contribution in [-0.4, -0.2) is 47.2 Å². The van der Waals surface area contributed by atoms with E-state index in [4.69, 9.17) is 15.9 Å². The molecular formula is C24H32O5. The third-order valence-corrected chi connectivity index (χ3v) is 9.22. The Kier molecular flexibility index (Phi) is 4.20. The van der Waals surface area contributed by atoms with E-state index in [2.05, 4.69) is 26.3 Å². The first-order valence-corrected chi connectivity index (χ1v) is 11.0. The monoisotopic (exact) mass is 400 g/mol. The van der Waals surface area contributed by atoms with Crippen LogP contribution in [0.1, 0.15) is 52.4 Å². The van der Waals surface area contributed by atoms with Crippen LogP contribution in [0, 0.1) is 46.3 Å². The van der Waals surface area contributed by atoms with Crippen LogP contribution in [0.3, 0.4) is 0 Å². The first kappa shape index (κ1) is 19.8. The van der Waals surface area contributed by atoms with Crippen molar-refractivity contribution in [1.29, 1.82) is 0 Å². The van der Waals surface area contributed by atoms with Gasteiger partial charge in [0.25, 0.3) is 0 Å². The highest BCUT2D eigenvalue weighted by molar-refractivity contribution is 6.04. The maximum absolute atomic E-state index is 13.6. The predicted molar refractivity (Wildman–Crippen MR) is 106 cm³/mol. The van der Waals surface area contributed by atoms with E-state index in [-0.39, 0.29) is 29.0 Å². The molecular weight excluding hydrogens is 368 g/mol. The molecule has 4 saturated carbocycles. The summed E-state index contributed by atoms with van der Waals surface area (Å²) in [7, 11) is 0. The fourth-order valence-electron chi connectivity index (χ4n) is 8.29. The Hall–Kier alpha value is -1.19. The first-order valence-electron chi connectivity index (χ1n) is 11.0. The quantitative estimate of drug-likeness (QED) is 0.432. The molecule has 0 aromatic heterocycles. The summed E-state index contributed by atoms with van der Waals surface area (Å²) in [6, 6.07) is 0. The molecule has 2 N–H and O–H groups in total. The van der Waals surface area contributed by atoms with Crippen molar-refractivity contribution in [2.45, 2.75) is 77.0 Å². The summed E-state index contributed by atoms with van der Waals surface area (Å²) in [5.41, 5.74) is -1.08. The lowest BCUT2D eigenvalue weighted by Crippen LogP contribution is -2.78. The first-order chi connectivity index (χ1) is 13.7. The number of rotatable bonds is 3. The largest absolute Gasteiger partial charge is 0.393 e. The van der Waals surface area contributed by atoms with Gasteiger partial charge in [-0.05, 0) is 42.6 Å². The van der Waals surface area contributed by atoms with Gasteiger partial charge in [0.2, 0.25) is 0 Å². The van der Waals surface area contributed by atoms with Crippen LogP contribution in [0.5, 0.6) is 0 Å². The molecule has 4 bridgehead atoms. The summed E-state index contributed by atoms with van der Waals surface area (Å²) in [6.07, 6.45) is 7.45. The number of ether oxygens (including phenoxy) is 2. The summed E-state index contributed by atoms with van der Waals surface area (Å²) < 4.78 is 12.7. The maximum atomic E-state index is 13.6. The molecule has 158 valence electrons. The standard InChI is InChI=1S/C24H32O5/c1-5-6-10-28-21-23-9-7-8-22(3,4)16(23)12-17(29-21)24-18(23)15(25)11-14(20(24)27)13(2)19(24)26/h1,14-18,20-21,25,27H,2,6-12H2,3-4H3/t14-,15-,16+,17+,18-,20+,21+,23-,24+/m0/s1. The van der Waals surface area contributed by atoms with E-state index in [0.29, 0.717) is 31.4 Å². The van der Waals surface area contributed by atoms with Gasteiger partial charge in [-0.25, -0.2) is 0 Å². The molecule has 5 nitrogen and oxygen atoms in total. The van der Waals surface area contributed by atoms with E-state index >= 15 is 0 Å². The van der Waals surface area contributed by atoms with Gasteiger partial charge in [0, 0.05) is 23.7 Å². The Balaban J connectivity index is 1.68. The van der Waals surface area contributed by atoms with E-state index in [9.17, 15) is 15.0 Å². The zero-order valence-corrected chi connectivity index (χ0v) is 17.4. The molecule has 0 radical (unpaired) electrons. The van der Waals surface area contributed by atoms with Gasteiger partial charge in [-0.2, -0.15) is 0 Å². The van der Waals surface area contributed by atoms with Crippen molar-refractivity contribution in [3.05, 3.63) is 12.2 Å². The van der Waals surface area contributed by atoms with Crippen LogP contribution in [0.2, 0.25) is 0 Å². The second-order valence-electron chi connectivity index (χ2n) is 10.6. The number of Topliss-reactive ketones (excluding diaryl/α,β-unsaturated/α-hetero) is 1. The summed E-state index contributed by atoms with van der Waals surface area (Å²) in [6.45, 7) is 8.98. The zero-order valence-electron chi connectivity index (χ0n) is 17.4. The topological polar surface area (TPSA) is 76.0 Å². The van der Waals surface area contributed by atoms with Crippen LogP contribution in [0.25, 0.3) is 0 Å². The molecule has 6 aliphatic rings. The van der Waals surface area contributed by atoms with E-state index in [0.717, 1.165) is 19.3 Å². The Morgan fingerprint density at radius 1 is 1.31 bits per heavy atom. The Bertz CT molecular complexity index is 796. The highest BCUT2D eigenvalue weighted by Gasteiger charge is 2.81. The summed E-state index contributed by atoms with van der Waals surface area (Å²) in [5, 5.41) is 22.8. The van der Waals surface area contributed by atoms with Crippen molar-refractivity contribution in [2.75, 3.05) is 6.61 Å². The highest BCUT2D eigenvalue weighted by atomic mass is 16.7. The van der Waals surface area contributed by atoms with Crippen molar-refractivity contribution < 1.29 is 24.5 Å². The third-order valence-electron chi connectivity index (χ3n) is 9.22. The Morgan fingerprint density at radius 2 is 2.07 bits per heavy atom. The minimum Gasteiger partial charge on any atom is -0.393 e. The normalized spacial score (nSPS) is 52.0. The molecule has 4 aliphatic carbocycles. The minimum absolute atomic E-state index is 0.0514. The van der Waals surface area contributed by atoms with Gasteiger partial charge in [-0.3, -0.25) is 4.79 Å². The number of ketones is 1. The van der Waals surface area contributed by atoms with Gasteiger partial charge < -0.3 is 19.7 Å². The van der Waals surface area contributed by atoms with Crippen LogP contribution in [0.15, 0.2) is 12.2 Å². The smallest absolute Gasteiger partial charge is 0.170 e. The number of aliphatic hydroxyl groups excluding tert-OH is 2. The second-order valence-corrected chi connectivity index (χ2v) is 10.6. The van der Waals surface area contributed by atoms with Crippen LogP contribution < -0.4 is 0 Å². The van der Waals surface area contributed by atoms with Gasteiger partial charge in [0.15, 0.2) is 12.1 Å². The highest BCUT2D eigenvalue weighted by Crippen LogP contribution is 2.75. The molecule has 2 heterocycles. The number of aliphatic hydroxyl groups is 2. The van der Waals surface area contributed by atoms with Crippen LogP contribution >= 0.6 is 0 Å². The van der Waals surface area contributed by atoms with Crippen molar-refractivity contribution in [2.24, 2.45) is 34.0 Å². The van der Waals surface area contributed by atoms with Gasteiger partial charge in [0.1, 0.15) is 0 Å². The van der Waals surface area contributed by atoms with Gasteiger partial charge in [-0.1, -0.05) is 26.8 Å². The van der Waals surface area contributed by atoms with Crippen LogP contribution in [-0.2, 0) is 14.3 Å². The fourth-order valence-corrected chi connectivity index (χ4v) is 8.29. The lowest BCUT2D eigenvalue weighted by Gasteiger charge is -2.72. The molecule has 29 heavy (non-hydrogen) atoms. The Morgan fingerprint density at radius 3 is 2.79 bits per heavy atom. The third kappa shape index (κ3) is 2.14. The SMILES string of the molecule is C#CCCO[C@@H]1O[C@@H]2C[C@@H]3C(C)(C)CCC[C@]13[C@@H]1[C@@H](O)C[C@H]3C(=C)C(=O)[C@@]21[C@@H]3O. The molecule has 9 atom stereocenters. The van der Waals surface area contributed by atoms with Gasteiger partial charge in [0.05, 0.1) is 30.3 Å². The van der Waals surface area contributed by atoms with E-state index in [1.165, 1.54) is 0 Å².